The van der Waals surface area contributed by atoms with E-state index in [9.17, 15) is 74.8 Å². The van der Waals surface area contributed by atoms with E-state index in [0.29, 0.717) is 99.4 Å². The van der Waals surface area contributed by atoms with Gasteiger partial charge in [0.2, 0.25) is 5.69 Å². The summed E-state index contributed by atoms with van der Waals surface area (Å²) in [5, 5.41) is 8.89. The Morgan fingerprint density at radius 2 is 1.08 bits per heavy atom. The van der Waals surface area contributed by atoms with Crippen LogP contribution in [-0.2, 0) is 94.6 Å². The van der Waals surface area contributed by atoms with Gasteiger partial charge < -0.3 is 61.2 Å². The second kappa shape index (κ2) is 29.2. The second-order valence-electron chi connectivity index (χ2n) is 20.4. The van der Waals surface area contributed by atoms with Crippen LogP contribution >= 0.6 is 0 Å². The number of rotatable bonds is 36. The van der Waals surface area contributed by atoms with E-state index in [0.717, 1.165) is 12.1 Å². The molecule has 2 aliphatic rings. The van der Waals surface area contributed by atoms with E-state index >= 15 is 0 Å². The molecule has 0 amide bonds. The Kier molecular flexibility index (Phi) is 23.7. The maximum Gasteiger partial charge on any atom is 0.303 e. The normalized spacial score (nSPS) is 18.3. The van der Waals surface area contributed by atoms with Gasteiger partial charge in [-0.2, -0.15) is 4.58 Å². The molecular formula is C55H68N2O23S5-4. The molecule has 85 heavy (non-hydrogen) atoms. The average molecular weight is 1290 g/mol. The van der Waals surface area contributed by atoms with Gasteiger partial charge in [0, 0.05) is 78.7 Å². The number of carboxylic acid groups (broad SMARTS) is 1. The SMILES string of the molecule is CCN1/C(=C/C=C/C=C/C2=[N+](CCCCCC(=O)O)c3ccc4c(S(=O)(=O)[O-])cc(S(=O)(=O)[O-])cc4c3C2(C)CCOCCOCCOCCOCCOCCOC)C(C)(CCCS(=O)(=O)[O-])c2c1ccc1c(S(=O)(=O)[O-])cc(S(=O)(=O)[O-])cc21. The van der Waals surface area contributed by atoms with Gasteiger partial charge in [0.15, 0.2) is 5.71 Å². The Bertz CT molecular complexity index is 3810. The minimum Gasteiger partial charge on any atom is -0.748 e. The van der Waals surface area contributed by atoms with Crippen molar-refractivity contribution < 1.29 is 108 Å². The number of carboxylic acids is 1. The highest BCUT2D eigenvalue weighted by Crippen LogP contribution is 2.54. The molecule has 2 unspecified atom stereocenters. The van der Waals surface area contributed by atoms with Crippen LogP contribution in [0.4, 0.5) is 11.4 Å². The number of carbonyl (C=O) groups is 1. The number of unbranched alkanes of at least 4 members (excludes halogenated alkanes) is 2. The number of ether oxygens (including phenoxy) is 6. The summed E-state index contributed by atoms with van der Waals surface area (Å²) in [4.78, 5) is 9.35. The van der Waals surface area contributed by atoms with Crippen LogP contribution in [-0.4, -0.2) is 185 Å². The number of nitrogens with zero attached hydrogens (tertiary/aromatic N) is 2. The molecule has 4 aromatic carbocycles. The number of allylic oxidation sites excluding steroid dienone is 6. The molecule has 2 atom stereocenters. The Morgan fingerprint density at radius 3 is 1.56 bits per heavy atom. The number of methoxy groups -OCH3 is 1. The molecule has 0 spiro atoms. The van der Waals surface area contributed by atoms with Crippen LogP contribution in [0.15, 0.2) is 104 Å². The number of fused-ring (bicyclic) bond motifs is 6. The number of aliphatic carboxylic acids is 1. The van der Waals surface area contributed by atoms with Gasteiger partial charge in [-0.3, -0.25) is 4.79 Å². The summed E-state index contributed by atoms with van der Waals surface area (Å²) in [5.74, 6) is -1.81. The Labute approximate surface area is 495 Å². The van der Waals surface area contributed by atoms with E-state index in [1.54, 1.807) is 69.2 Å². The van der Waals surface area contributed by atoms with Crippen molar-refractivity contribution >= 4 is 95.2 Å². The summed E-state index contributed by atoms with van der Waals surface area (Å²) in [5.41, 5.74) is -0.146. The molecule has 6 rings (SSSR count). The number of hydrogen-bond donors (Lipinski definition) is 1. The van der Waals surface area contributed by atoms with Crippen LogP contribution in [0.2, 0.25) is 0 Å². The average Bonchev–Trinajstić information content (AvgIpc) is 1.64. The van der Waals surface area contributed by atoms with E-state index in [2.05, 4.69) is 0 Å². The van der Waals surface area contributed by atoms with E-state index in [1.807, 2.05) is 4.58 Å². The predicted molar refractivity (Wildman–Crippen MR) is 304 cm³/mol. The Balaban J connectivity index is 1.40. The fourth-order valence-electron chi connectivity index (χ4n) is 10.9. The van der Waals surface area contributed by atoms with Crippen molar-refractivity contribution in [2.75, 3.05) is 104 Å². The van der Waals surface area contributed by atoms with Crippen LogP contribution in [0.25, 0.3) is 21.5 Å². The van der Waals surface area contributed by atoms with E-state index < -0.39 is 92.7 Å². The fraction of sp³-hybridized carbons (Fsp3) is 0.491. The summed E-state index contributed by atoms with van der Waals surface area (Å²) < 4.78 is 222. The molecule has 4 aromatic rings. The van der Waals surface area contributed by atoms with Crippen LogP contribution < -0.4 is 4.90 Å². The Hall–Kier alpha value is -5.13. The minimum absolute atomic E-state index is 0.0213. The first-order valence-corrected chi connectivity index (χ1v) is 34.2. The van der Waals surface area contributed by atoms with Gasteiger partial charge in [0.25, 0.3) is 0 Å². The number of benzene rings is 4. The topological polar surface area (TPSA) is 385 Å². The maximum atomic E-state index is 12.8. The molecule has 0 fully saturated rings. The van der Waals surface area contributed by atoms with E-state index in [-0.39, 0.29) is 98.9 Å². The van der Waals surface area contributed by atoms with Crippen molar-refractivity contribution in [1.82, 2.24) is 0 Å². The highest BCUT2D eigenvalue weighted by atomic mass is 32.2. The lowest BCUT2D eigenvalue weighted by Crippen LogP contribution is -2.33. The zero-order chi connectivity index (χ0) is 62.6. The third-order valence-electron chi connectivity index (χ3n) is 14.7. The lowest BCUT2D eigenvalue weighted by atomic mass is 9.75. The molecule has 2 aliphatic heterocycles. The molecule has 30 heteroatoms. The van der Waals surface area contributed by atoms with Crippen molar-refractivity contribution in [1.29, 1.82) is 0 Å². The van der Waals surface area contributed by atoms with Crippen LogP contribution in [0, 0.1) is 0 Å². The fourth-order valence-corrected chi connectivity index (χ4v) is 14.0. The predicted octanol–water partition coefficient (Wildman–Crippen LogP) is 4.85. The summed E-state index contributed by atoms with van der Waals surface area (Å²) in [7, 11) is -24.7. The molecule has 0 radical (unpaired) electrons. The number of likely N-dealkylation sites (N-methyl/N-ethyl adjacent to an activating group) is 1. The van der Waals surface area contributed by atoms with Crippen molar-refractivity contribution in [3.63, 3.8) is 0 Å². The quantitative estimate of drug-likeness (QED) is 0.0275. The maximum absolute atomic E-state index is 12.8. The van der Waals surface area contributed by atoms with Gasteiger partial charge in [-0.15, -0.1) is 0 Å². The molecule has 1 N–H and O–H groups in total. The van der Waals surface area contributed by atoms with Gasteiger partial charge in [-0.1, -0.05) is 24.3 Å². The van der Waals surface area contributed by atoms with Crippen molar-refractivity contribution in [3.05, 3.63) is 95.7 Å². The van der Waals surface area contributed by atoms with Crippen molar-refractivity contribution in [3.8, 4) is 0 Å². The highest BCUT2D eigenvalue weighted by molar-refractivity contribution is 7.87. The molecule has 0 aromatic heterocycles. The standard InChI is InChI=1S/C55H72N2O23S5/c1-5-56-45-18-16-41-43(35-39(82(63,64)65)37-47(41)84(69,70)71)52(45)54(2,20-12-34-81(60,61)62)49(56)13-8-6-9-14-50-55(3,21-23-76-26-27-78-30-31-80-33-32-79-29-28-77-25-24-75-4)53-44-36-40(83(66,67)68)38-48(85(72,73)74)42(44)17-19-46(53)57(50)22-11-7-10-15-51(58)59/h6,8-9,13-14,16-19,35-38H,5,7,10-12,15,20-34H2,1-4H3,(H5-,58,59,60,61,62,63,64,65,66,67,68,69,70,71,72,73,74)/p-4. The highest BCUT2D eigenvalue weighted by Gasteiger charge is 2.49. The van der Waals surface area contributed by atoms with Gasteiger partial charge in [-0.05, 0) is 117 Å². The summed E-state index contributed by atoms with van der Waals surface area (Å²) >= 11 is 0. The zero-order valence-corrected chi connectivity index (χ0v) is 51.3. The zero-order valence-electron chi connectivity index (χ0n) is 47.2. The van der Waals surface area contributed by atoms with Crippen molar-refractivity contribution in [2.45, 2.75) is 96.1 Å². The number of anilines is 1. The van der Waals surface area contributed by atoms with Crippen LogP contribution in [0.3, 0.4) is 0 Å². The van der Waals surface area contributed by atoms with Crippen LogP contribution in [0.1, 0.15) is 76.8 Å². The van der Waals surface area contributed by atoms with Gasteiger partial charge in [0.05, 0.1) is 101 Å². The third kappa shape index (κ3) is 17.6. The lowest BCUT2D eigenvalue weighted by molar-refractivity contribution is -0.438. The monoisotopic (exact) mass is 1280 g/mol. The molecule has 2 heterocycles. The Morgan fingerprint density at radius 1 is 0.576 bits per heavy atom. The van der Waals surface area contributed by atoms with Gasteiger partial charge in [-0.25, -0.2) is 42.1 Å². The van der Waals surface area contributed by atoms with E-state index in [1.165, 1.54) is 18.2 Å². The number of hydrogen-bond acceptors (Lipinski definition) is 23. The summed E-state index contributed by atoms with van der Waals surface area (Å²) in [6.07, 6.45) is 9.12. The molecule has 470 valence electrons. The van der Waals surface area contributed by atoms with Crippen LogP contribution in [0.5, 0.6) is 0 Å². The first kappa shape index (κ1) is 69.0. The first-order valence-electron chi connectivity index (χ1n) is 27.0. The molecule has 25 nitrogen and oxygen atoms in total. The third-order valence-corrected chi connectivity index (χ3v) is 18.8. The minimum atomic E-state index is -5.39. The summed E-state index contributed by atoms with van der Waals surface area (Å²) in [6, 6.07) is 8.72. The molecule has 0 bridgehead atoms. The smallest absolute Gasteiger partial charge is 0.303 e. The summed E-state index contributed by atoms with van der Waals surface area (Å²) in [6.45, 7) is 8.90. The van der Waals surface area contributed by atoms with E-state index in [4.69, 9.17) is 28.4 Å². The molecule has 0 saturated carbocycles. The molecule has 0 aliphatic carbocycles. The lowest BCUT2D eigenvalue weighted by Gasteiger charge is -2.30. The largest absolute Gasteiger partial charge is 0.748 e. The molecular weight excluding hydrogens is 1220 g/mol. The first-order chi connectivity index (χ1) is 39.9. The van der Waals surface area contributed by atoms with Gasteiger partial charge in [0.1, 0.15) is 47.0 Å². The second-order valence-corrected chi connectivity index (χ2v) is 27.4. The van der Waals surface area contributed by atoms with Gasteiger partial charge >= 0.3 is 5.97 Å². The van der Waals surface area contributed by atoms with Crippen molar-refractivity contribution in [2.24, 2.45) is 0 Å². The molecule has 0 saturated heterocycles.